The molecule has 1 aliphatic rings. The summed E-state index contributed by atoms with van der Waals surface area (Å²) in [6.45, 7) is 7.73. The fourth-order valence-corrected chi connectivity index (χ4v) is 4.00. The van der Waals surface area contributed by atoms with Crippen LogP contribution in [-0.4, -0.2) is 55.5 Å². The van der Waals surface area contributed by atoms with E-state index in [1.807, 2.05) is 49.1 Å². The largest absolute Gasteiger partial charge is 0.493 e. The molecule has 1 aliphatic heterocycles. The summed E-state index contributed by atoms with van der Waals surface area (Å²) in [5, 5.41) is 1.66. The summed E-state index contributed by atoms with van der Waals surface area (Å²) in [6, 6.07) is 11.6. The number of allylic oxidation sites excluding steroid dienone is 1. The van der Waals surface area contributed by atoms with Crippen molar-refractivity contribution in [1.82, 2.24) is 9.80 Å². The standard InChI is InChI=1S/C25H27ClN2O3/c1-4-30-23-15-24-21(22(16-31-24)18-5-7-19(26)8-6-18)14-20(23)17(2)13-25(29)28-11-9-27(3)10-12-28/h5-8,13-16H,4,9-12H2,1-3H3/b17-13+. The van der Waals surface area contributed by atoms with Crippen LogP contribution in [0.1, 0.15) is 19.4 Å². The predicted molar refractivity (Wildman–Crippen MR) is 126 cm³/mol. The molecule has 0 spiro atoms. The monoisotopic (exact) mass is 438 g/mol. The Morgan fingerprint density at radius 3 is 2.55 bits per heavy atom. The highest BCUT2D eigenvalue weighted by molar-refractivity contribution is 6.30. The van der Waals surface area contributed by atoms with Crippen LogP contribution in [-0.2, 0) is 4.79 Å². The molecule has 0 unspecified atom stereocenters. The molecular weight excluding hydrogens is 412 g/mol. The van der Waals surface area contributed by atoms with E-state index >= 15 is 0 Å². The third kappa shape index (κ3) is 4.63. The fraction of sp³-hybridized carbons (Fsp3) is 0.320. The Morgan fingerprint density at radius 1 is 1.16 bits per heavy atom. The van der Waals surface area contributed by atoms with Crippen molar-refractivity contribution in [1.29, 1.82) is 0 Å². The van der Waals surface area contributed by atoms with Gasteiger partial charge in [-0.15, -0.1) is 0 Å². The number of benzene rings is 2. The minimum absolute atomic E-state index is 0.0401. The van der Waals surface area contributed by atoms with Gasteiger partial charge in [0.1, 0.15) is 11.3 Å². The zero-order valence-electron chi connectivity index (χ0n) is 18.2. The number of nitrogens with zero attached hydrogens (tertiary/aromatic N) is 2. The van der Waals surface area contributed by atoms with Gasteiger partial charge < -0.3 is 19.0 Å². The molecule has 0 atom stereocenters. The molecule has 0 radical (unpaired) electrons. The second-order valence-electron chi connectivity index (χ2n) is 7.89. The first kappa shape index (κ1) is 21.5. The number of halogens is 1. The summed E-state index contributed by atoms with van der Waals surface area (Å²) in [7, 11) is 2.08. The van der Waals surface area contributed by atoms with Gasteiger partial charge in [0.2, 0.25) is 5.91 Å². The van der Waals surface area contributed by atoms with Gasteiger partial charge in [-0.1, -0.05) is 23.7 Å². The number of ether oxygens (including phenoxy) is 1. The van der Waals surface area contributed by atoms with E-state index in [0.29, 0.717) is 17.4 Å². The van der Waals surface area contributed by atoms with Gasteiger partial charge in [-0.05, 0) is 50.2 Å². The number of fused-ring (bicyclic) bond motifs is 1. The number of carbonyl (C=O) groups excluding carboxylic acids is 1. The third-order valence-corrected chi connectivity index (χ3v) is 5.96. The molecule has 1 saturated heterocycles. The number of hydrogen-bond donors (Lipinski definition) is 0. The Balaban J connectivity index is 1.72. The van der Waals surface area contributed by atoms with Gasteiger partial charge in [0.05, 0.1) is 12.9 Å². The summed E-state index contributed by atoms with van der Waals surface area (Å²) >= 11 is 6.05. The quantitative estimate of drug-likeness (QED) is 0.505. The smallest absolute Gasteiger partial charge is 0.246 e. The molecule has 3 aromatic rings. The second kappa shape index (κ2) is 9.16. The minimum atomic E-state index is 0.0401. The molecule has 0 saturated carbocycles. The highest BCUT2D eigenvalue weighted by atomic mass is 35.5. The summed E-state index contributed by atoms with van der Waals surface area (Å²) in [5.74, 6) is 0.755. The first-order valence-electron chi connectivity index (χ1n) is 10.6. The van der Waals surface area contributed by atoms with Crippen LogP contribution < -0.4 is 4.74 Å². The SMILES string of the molecule is CCOc1cc2occ(-c3ccc(Cl)cc3)c2cc1/C(C)=C/C(=O)N1CCN(C)CC1. The molecule has 162 valence electrons. The van der Waals surface area contributed by atoms with Gasteiger partial charge in [-0.3, -0.25) is 4.79 Å². The molecule has 6 heteroatoms. The fourth-order valence-electron chi connectivity index (χ4n) is 3.87. The van der Waals surface area contributed by atoms with Crippen LogP contribution in [0, 0.1) is 0 Å². The average molecular weight is 439 g/mol. The number of likely N-dealkylation sites (N-methyl/N-ethyl adjacent to an activating group) is 1. The van der Waals surface area contributed by atoms with Crippen molar-refractivity contribution in [2.24, 2.45) is 0 Å². The number of amides is 1. The molecular formula is C25H27ClN2O3. The predicted octanol–water partition coefficient (Wildman–Crippen LogP) is 5.33. The number of furan rings is 1. The number of hydrogen-bond acceptors (Lipinski definition) is 4. The summed E-state index contributed by atoms with van der Waals surface area (Å²) in [5.41, 5.74) is 4.52. The summed E-state index contributed by atoms with van der Waals surface area (Å²) in [6.07, 6.45) is 3.47. The normalized spacial score (nSPS) is 15.5. The lowest BCUT2D eigenvalue weighted by atomic mass is 9.99. The van der Waals surface area contributed by atoms with E-state index in [9.17, 15) is 4.79 Å². The number of carbonyl (C=O) groups is 1. The first-order chi connectivity index (χ1) is 15.0. The highest BCUT2D eigenvalue weighted by Crippen LogP contribution is 2.37. The van der Waals surface area contributed by atoms with Crippen molar-refractivity contribution in [2.45, 2.75) is 13.8 Å². The lowest BCUT2D eigenvalue weighted by Crippen LogP contribution is -2.46. The van der Waals surface area contributed by atoms with E-state index in [-0.39, 0.29) is 5.91 Å². The van der Waals surface area contributed by atoms with E-state index in [1.54, 1.807) is 12.3 Å². The first-order valence-corrected chi connectivity index (χ1v) is 10.9. The van der Waals surface area contributed by atoms with Gasteiger partial charge >= 0.3 is 0 Å². The van der Waals surface area contributed by atoms with Gasteiger partial charge in [-0.25, -0.2) is 0 Å². The molecule has 2 aromatic carbocycles. The number of rotatable bonds is 5. The Kier molecular flexibility index (Phi) is 6.35. The zero-order chi connectivity index (χ0) is 22.0. The molecule has 2 heterocycles. The zero-order valence-corrected chi connectivity index (χ0v) is 18.9. The third-order valence-electron chi connectivity index (χ3n) is 5.71. The molecule has 0 aliphatic carbocycles. The second-order valence-corrected chi connectivity index (χ2v) is 8.33. The molecule has 1 fully saturated rings. The van der Waals surface area contributed by atoms with Gasteiger partial charge in [0.15, 0.2) is 0 Å². The minimum Gasteiger partial charge on any atom is -0.493 e. The number of piperazine rings is 1. The topological polar surface area (TPSA) is 45.9 Å². The Hall–Kier alpha value is -2.76. The van der Waals surface area contributed by atoms with Crippen LogP contribution in [0.3, 0.4) is 0 Å². The Labute approximate surface area is 187 Å². The van der Waals surface area contributed by atoms with Gasteiger partial charge in [0, 0.05) is 59.9 Å². The van der Waals surface area contributed by atoms with Crippen LogP contribution in [0.25, 0.3) is 27.7 Å². The van der Waals surface area contributed by atoms with Gasteiger partial charge in [0.25, 0.3) is 0 Å². The van der Waals surface area contributed by atoms with E-state index in [4.69, 9.17) is 20.8 Å². The lowest BCUT2D eigenvalue weighted by Gasteiger charge is -2.31. The summed E-state index contributed by atoms with van der Waals surface area (Å²) in [4.78, 5) is 17.0. The van der Waals surface area contributed by atoms with Crippen LogP contribution >= 0.6 is 11.6 Å². The molecule has 0 bridgehead atoms. The van der Waals surface area contributed by atoms with Crippen LogP contribution in [0.15, 0.2) is 53.2 Å². The molecule has 5 nitrogen and oxygen atoms in total. The van der Waals surface area contributed by atoms with E-state index in [2.05, 4.69) is 18.0 Å². The van der Waals surface area contributed by atoms with E-state index in [1.165, 1.54) is 0 Å². The Bertz CT molecular complexity index is 1110. The van der Waals surface area contributed by atoms with E-state index < -0.39 is 0 Å². The molecule has 0 N–H and O–H groups in total. The molecule has 1 aromatic heterocycles. The van der Waals surface area contributed by atoms with E-state index in [0.717, 1.165) is 59.4 Å². The lowest BCUT2D eigenvalue weighted by molar-refractivity contribution is -0.127. The van der Waals surface area contributed by atoms with Crippen molar-refractivity contribution < 1.29 is 13.9 Å². The maximum Gasteiger partial charge on any atom is 0.246 e. The van der Waals surface area contributed by atoms with Crippen molar-refractivity contribution in [2.75, 3.05) is 39.8 Å². The van der Waals surface area contributed by atoms with Crippen molar-refractivity contribution in [3.05, 3.63) is 59.3 Å². The Morgan fingerprint density at radius 2 is 1.87 bits per heavy atom. The average Bonchev–Trinajstić information content (AvgIpc) is 3.17. The van der Waals surface area contributed by atoms with Crippen LogP contribution in [0.2, 0.25) is 5.02 Å². The van der Waals surface area contributed by atoms with Crippen LogP contribution in [0.5, 0.6) is 5.75 Å². The maximum absolute atomic E-state index is 12.9. The summed E-state index contributed by atoms with van der Waals surface area (Å²) < 4.78 is 11.7. The molecule has 1 amide bonds. The van der Waals surface area contributed by atoms with Crippen molar-refractivity contribution in [3.8, 4) is 16.9 Å². The van der Waals surface area contributed by atoms with Crippen molar-refractivity contribution >= 4 is 34.1 Å². The maximum atomic E-state index is 12.9. The molecule has 31 heavy (non-hydrogen) atoms. The van der Waals surface area contributed by atoms with Gasteiger partial charge in [-0.2, -0.15) is 0 Å². The molecule has 4 rings (SSSR count). The highest BCUT2D eigenvalue weighted by Gasteiger charge is 2.19. The van der Waals surface area contributed by atoms with Crippen LogP contribution in [0.4, 0.5) is 0 Å². The van der Waals surface area contributed by atoms with Crippen molar-refractivity contribution in [3.63, 3.8) is 0 Å².